The first-order valence-corrected chi connectivity index (χ1v) is 9.62. The van der Waals surface area contributed by atoms with Gasteiger partial charge in [0.2, 0.25) is 5.89 Å². The molecule has 3 N–H and O–H groups in total. The lowest BCUT2D eigenvalue weighted by Gasteiger charge is -2.32. The van der Waals surface area contributed by atoms with Crippen molar-refractivity contribution in [3.63, 3.8) is 0 Å². The molecule has 0 radical (unpaired) electrons. The summed E-state index contributed by atoms with van der Waals surface area (Å²) >= 11 is 0. The number of nitrogens with two attached hydrogens (primary N) is 1. The number of nitrogens with one attached hydrogen (secondary N) is 1. The molecule has 5 rings (SSSR count). The highest BCUT2D eigenvalue weighted by atomic mass is 16.5. The van der Waals surface area contributed by atoms with Gasteiger partial charge in [-0.1, -0.05) is 0 Å². The van der Waals surface area contributed by atoms with Crippen molar-refractivity contribution in [2.45, 2.75) is 13.0 Å². The Morgan fingerprint density at radius 2 is 2.07 bits per heavy atom. The van der Waals surface area contributed by atoms with Crippen molar-refractivity contribution in [1.29, 1.82) is 0 Å². The molecule has 1 atom stereocenters. The van der Waals surface area contributed by atoms with Gasteiger partial charge in [0.25, 0.3) is 0 Å². The number of ether oxygens (including phenoxy) is 1. The molecular formula is C21H22N6O2. The molecule has 1 aliphatic heterocycles. The molecule has 1 unspecified atom stereocenters. The summed E-state index contributed by atoms with van der Waals surface area (Å²) in [5.41, 5.74) is 9.38. The second-order valence-electron chi connectivity index (χ2n) is 7.22. The minimum absolute atomic E-state index is 0.217. The molecule has 3 aromatic heterocycles. The fourth-order valence-corrected chi connectivity index (χ4v) is 3.80. The van der Waals surface area contributed by atoms with Crippen LogP contribution in [0.15, 0.2) is 41.1 Å². The van der Waals surface area contributed by atoms with Crippen LogP contribution in [0.3, 0.4) is 0 Å². The van der Waals surface area contributed by atoms with Gasteiger partial charge >= 0.3 is 0 Å². The van der Waals surface area contributed by atoms with E-state index in [1.165, 1.54) is 0 Å². The normalized spacial score (nSPS) is 17.2. The number of nitrogen functional groups attached to an aromatic ring is 1. The van der Waals surface area contributed by atoms with Crippen LogP contribution in [0.5, 0.6) is 0 Å². The van der Waals surface area contributed by atoms with Gasteiger partial charge in [0.1, 0.15) is 17.2 Å². The van der Waals surface area contributed by atoms with Gasteiger partial charge in [-0.2, -0.15) is 0 Å². The molecule has 1 aromatic carbocycles. The summed E-state index contributed by atoms with van der Waals surface area (Å²) in [7, 11) is 1.82. The van der Waals surface area contributed by atoms with E-state index < -0.39 is 0 Å². The van der Waals surface area contributed by atoms with Gasteiger partial charge in [0.15, 0.2) is 5.58 Å². The molecule has 0 amide bonds. The number of oxazole rings is 1. The molecule has 1 aliphatic rings. The highest BCUT2D eigenvalue weighted by Gasteiger charge is 2.19. The molecule has 29 heavy (non-hydrogen) atoms. The van der Waals surface area contributed by atoms with Gasteiger partial charge in [0, 0.05) is 49.0 Å². The highest BCUT2D eigenvalue weighted by molar-refractivity contribution is 6.01. The van der Waals surface area contributed by atoms with Crippen molar-refractivity contribution >= 4 is 39.2 Å². The van der Waals surface area contributed by atoms with Crippen LogP contribution in [-0.2, 0) is 4.74 Å². The minimum Gasteiger partial charge on any atom is -0.436 e. The van der Waals surface area contributed by atoms with Crippen LogP contribution in [0.1, 0.15) is 6.92 Å². The van der Waals surface area contributed by atoms with Crippen molar-refractivity contribution in [3.05, 3.63) is 36.7 Å². The smallest absolute Gasteiger partial charge is 0.229 e. The van der Waals surface area contributed by atoms with Crippen molar-refractivity contribution in [2.75, 3.05) is 42.7 Å². The summed E-state index contributed by atoms with van der Waals surface area (Å²) in [6, 6.07) is 7.92. The number of pyridine rings is 2. The maximum atomic E-state index is 6.06. The van der Waals surface area contributed by atoms with E-state index in [4.69, 9.17) is 19.9 Å². The number of hydrogen-bond donors (Lipinski definition) is 2. The van der Waals surface area contributed by atoms with Crippen LogP contribution in [0.2, 0.25) is 0 Å². The Bertz CT molecular complexity index is 1200. The average molecular weight is 390 g/mol. The van der Waals surface area contributed by atoms with Gasteiger partial charge in [-0.15, -0.1) is 0 Å². The lowest BCUT2D eigenvalue weighted by molar-refractivity contribution is 0.0532. The average Bonchev–Trinajstić information content (AvgIpc) is 3.15. The zero-order valence-corrected chi connectivity index (χ0v) is 16.3. The molecule has 4 heterocycles. The first-order chi connectivity index (χ1) is 14.1. The van der Waals surface area contributed by atoms with E-state index in [-0.39, 0.29) is 6.10 Å². The maximum absolute atomic E-state index is 6.06. The molecular weight excluding hydrogens is 368 g/mol. The monoisotopic (exact) mass is 390 g/mol. The number of morpholine rings is 1. The van der Waals surface area contributed by atoms with Crippen LogP contribution in [0.4, 0.5) is 17.3 Å². The molecule has 0 spiro atoms. The van der Waals surface area contributed by atoms with Crippen LogP contribution in [0, 0.1) is 0 Å². The number of benzene rings is 1. The van der Waals surface area contributed by atoms with Crippen molar-refractivity contribution in [1.82, 2.24) is 15.0 Å². The van der Waals surface area contributed by atoms with E-state index in [0.29, 0.717) is 11.7 Å². The fraction of sp³-hybridized carbons (Fsp3) is 0.286. The first kappa shape index (κ1) is 17.7. The van der Waals surface area contributed by atoms with Crippen LogP contribution in [-0.4, -0.2) is 47.8 Å². The number of nitrogens with zero attached hydrogens (tertiary/aromatic N) is 4. The molecule has 1 saturated heterocycles. The summed E-state index contributed by atoms with van der Waals surface area (Å²) in [5, 5.41) is 4.84. The number of rotatable bonds is 3. The van der Waals surface area contributed by atoms with E-state index in [9.17, 15) is 0 Å². The lowest BCUT2D eigenvalue weighted by Crippen LogP contribution is -2.41. The Morgan fingerprint density at radius 3 is 2.90 bits per heavy atom. The lowest BCUT2D eigenvalue weighted by atomic mass is 10.1. The van der Waals surface area contributed by atoms with E-state index in [1.54, 1.807) is 12.4 Å². The minimum atomic E-state index is 0.217. The fourth-order valence-electron chi connectivity index (χ4n) is 3.80. The van der Waals surface area contributed by atoms with E-state index >= 15 is 0 Å². The zero-order chi connectivity index (χ0) is 20.0. The Kier molecular flexibility index (Phi) is 4.21. The van der Waals surface area contributed by atoms with Crippen molar-refractivity contribution in [2.24, 2.45) is 0 Å². The summed E-state index contributed by atoms with van der Waals surface area (Å²) in [6.07, 6.45) is 3.69. The summed E-state index contributed by atoms with van der Waals surface area (Å²) in [6.45, 7) is 4.55. The van der Waals surface area contributed by atoms with Gasteiger partial charge in [-0.25, -0.2) is 15.0 Å². The topological polar surface area (TPSA) is 102 Å². The molecule has 148 valence electrons. The zero-order valence-electron chi connectivity index (χ0n) is 16.3. The summed E-state index contributed by atoms with van der Waals surface area (Å²) in [4.78, 5) is 15.7. The molecule has 8 heteroatoms. The molecule has 0 aliphatic carbocycles. The molecule has 0 bridgehead atoms. The standard InChI is InChI=1S/C21H22N6O2/c1-12-11-27(5-6-28-12)13-3-4-18-17(7-13)26-21(29-18)16-10-25-20(23-2)15-9-24-19(22)8-14(15)16/h3-4,7-10,12H,5-6,11H2,1-2H3,(H2,22,24)(H,23,25). The van der Waals surface area contributed by atoms with Crippen molar-refractivity contribution < 1.29 is 9.15 Å². The number of aromatic nitrogens is 3. The van der Waals surface area contributed by atoms with Crippen LogP contribution < -0.4 is 16.0 Å². The quantitative estimate of drug-likeness (QED) is 0.549. The Balaban J connectivity index is 1.60. The third kappa shape index (κ3) is 3.11. The third-order valence-corrected chi connectivity index (χ3v) is 5.24. The maximum Gasteiger partial charge on any atom is 0.229 e. The van der Waals surface area contributed by atoms with Crippen molar-refractivity contribution in [3.8, 4) is 11.5 Å². The Labute approximate surface area is 167 Å². The molecule has 8 nitrogen and oxygen atoms in total. The predicted molar refractivity (Wildman–Crippen MR) is 114 cm³/mol. The number of fused-ring (bicyclic) bond motifs is 2. The molecule has 0 saturated carbocycles. The molecule has 4 aromatic rings. The van der Waals surface area contributed by atoms with Crippen LogP contribution >= 0.6 is 0 Å². The van der Waals surface area contributed by atoms with Gasteiger partial charge in [-0.05, 0) is 31.2 Å². The second kappa shape index (κ2) is 6.89. The Morgan fingerprint density at radius 1 is 1.17 bits per heavy atom. The predicted octanol–water partition coefficient (Wildman–Crippen LogP) is 3.29. The van der Waals surface area contributed by atoms with Gasteiger partial charge in [-0.3, -0.25) is 0 Å². The highest BCUT2D eigenvalue weighted by Crippen LogP contribution is 2.34. The van der Waals surface area contributed by atoms with Gasteiger partial charge in [0.05, 0.1) is 18.3 Å². The van der Waals surface area contributed by atoms with E-state index in [1.807, 2.05) is 19.2 Å². The SMILES string of the molecule is CNc1ncc(-c2nc3cc(N4CCOC(C)C4)ccc3o2)c2cc(N)ncc12. The molecule has 1 fully saturated rings. The van der Waals surface area contributed by atoms with Crippen LogP contribution in [0.25, 0.3) is 33.3 Å². The third-order valence-electron chi connectivity index (χ3n) is 5.24. The number of hydrogen-bond acceptors (Lipinski definition) is 8. The van der Waals surface area contributed by atoms with Gasteiger partial charge < -0.3 is 25.1 Å². The second-order valence-corrected chi connectivity index (χ2v) is 7.22. The summed E-state index contributed by atoms with van der Waals surface area (Å²) < 4.78 is 11.7. The number of anilines is 3. The first-order valence-electron chi connectivity index (χ1n) is 9.62. The summed E-state index contributed by atoms with van der Waals surface area (Å²) in [5.74, 6) is 1.68. The van der Waals surface area contributed by atoms with E-state index in [0.717, 1.165) is 58.6 Å². The van der Waals surface area contributed by atoms with E-state index in [2.05, 4.69) is 39.2 Å². The largest absolute Gasteiger partial charge is 0.436 e. The Hall–Kier alpha value is -3.39.